The predicted molar refractivity (Wildman–Crippen MR) is 104 cm³/mol. The summed E-state index contributed by atoms with van der Waals surface area (Å²) in [4.78, 5) is 58.8. The van der Waals surface area contributed by atoms with E-state index in [1.807, 2.05) is 6.92 Å². The third-order valence-corrected chi connectivity index (χ3v) is 4.47. The van der Waals surface area contributed by atoms with E-state index in [1.165, 1.54) is 0 Å². The van der Waals surface area contributed by atoms with Crippen LogP contribution in [0.25, 0.3) is 0 Å². The number of carboxylic acid groups (broad SMARTS) is 1. The minimum absolute atomic E-state index is 0.135. The summed E-state index contributed by atoms with van der Waals surface area (Å²) in [6.07, 6.45) is 0.214. The summed E-state index contributed by atoms with van der Waals surface area (Å²) in [5, 5.41) is 16.2. The van der Waals surface area contributed by atoms with Crippen LogP contribution in [0.4, 0.5) is 0 Å². The summed E-state index contributed by atoms with van der Waals surface area (Å²) in [5.74, 6) is -4.41. The summed E-state index contributed by atoms with van der Waals surface area (Å²) in [6, 6.07) is -3.45. The number of hydrogen-bond acceptors (Lipinski definition) is 7. The number of thiol groups is 1. The molecule has 0 aliphatic heterocycles. The monoisotopic (exact) mass is 419 g/mol. The quantitative estimate of drug-likeness (QED) is 0.163. The number of rotatable bonds is 13. The zero-order valence-corrected chi connectivity index (χ0v) is 16.8. The molecule has 0 spiro atoms. The summed E-state index contributed by atoms with van der Waals surface area (Å²) >= 11 is 3.86. The van der Waals surface area contributed by atoms with Gasteiger partial charge in [0.1, 0.15) is 18.1 Å². The van der Waals surface area contributed by atoms with Crippen LogP contribution in [0.5, 0.6) is 0 Å². The lowest BCUT2D eigenvalue weighted by Crippen LogP contribution is -2.58. The van der Waals surface area contributed by atoms with Gasteiger partial charge in [-0.25, -0.2) is 4.79 Å². The third kappa shape index (κ3) is 9.04. The molecule has 28 heavy (non-hydrogen) atoms. The van der Waals surface area contributed by atoms with Crippen LogP contribution in [0.3, 0.4) is 0 Å². The number of carbonyl (C=O) groups is 5. The van der Waals surface area contributed by atoms with Gasteiger partial charge in [-0.05, 0) is 12.3 Å². The van der Waals surface area contributed by atoms with E-state index < -0.39 is 47.7 Å². The summed E-state index contributed by atoms with van der Waals surface area (Å²) < 4.78 is 0. The second kappa shape index (κ2) is 12.9. The van der Waals surface area contributed by atoms with Gasteiger partial charge in [0.25, 0.3) is 0 Å². The molecule has 12 heteroatoms. The molecule has 0 aliphatic rings. The first-order valence-electron chi connectivity index (χ1n) is 8.79. The van der Waals surface area contributed by atoms with E-state index >= 15 is 0 Å². The zero-order valence-electron chi connectivity index (χ0n) is 15.9. The SMILES string of the molecule is CCC(C)C(NC(=O)CN)C(=O)NC(CCC(N)=O)C(=O)NC(CS)C(=O)O. The number of hydrogen-bond donors (Lipinski definition) is 7. The van der Waals surface area contributed by atoms with Gasteiger partial charge in [0.05, 0.1) is 6.54 Å². The van der Waals surface area contributed by atoms with Crippen LogP contribution in [0.2, 0.25) is 0 Å². The van der Waals surface area contributed by atoms with Crippen molar-refractivity contribution in [3.05, 3.63) is 0 Å². The molecule has 8 N–H and O–H groups in total. The summed E-state index contributed by atoms with van der Waals surface area (Å²) in [7, 11) is 0. The Bertz CT molecular complexity index is 588. The fourth-order valence-electron chi connectivity index (χ4n) is 2.21. The Kier molecular flexibility index (Phi) is 11.9. The van der Waals surface area contributed by atoms with E-state index in [0.717, 1.165) is 0 Å². The van der Waals surface area contributed by atoms with Gasteiger partial charge in [0, 0.05) is 12.2 Å². The second-order valence-corrected chi connectivity index (χ2v) is 6.65. The van der Waals surface area contributed by atoms with E-state index in [2.05, 4.69) is 28.6 Å². The van der Waals surface area contributed by atoms with Gasteiger partial charge in [-0.1, -0.05) is 20.3 Å². The van der Waals surface area contributed by atoms with Crippen LogP contribution in [0.15, 0.2) is 0 Å². The summed E-state index contributed by atoms with van der Waals surface area (Å²) in [5.41, 5.74) is 10.4. The van der Waals surface area contributed by atoms with E-state index in [1.54, 1.807) is 6.92 Å². The summed E-state index contributed by atoms with van der Waals surface area (Å²) in [6.45, 7) is 3.25. The van der Waals surface area contributed by atoms with E-state index in [9.17, 15) is 24.0 Å². The number of carboxylic acids is 1. The molecule has 0 heterocycles. The maximum absolute atomic E-state index is 12.6. The van der Waals surface area contributed by atoms with Crippen molar-refractivity contribution in [3.63, 3.8) is 0 Å². The maximum Gasteiger partial charge on any atom is 0.327 e. The molecule has 0 bridgehead atoms. The molecule has 4 atom stereocenters. The molecule has 0 radical (unpaired) electrons. The molecule has 0 saturated carbocycles. The number of carbonyl (C=O) groups excluding carboxylic acids is 4. The van der Waals surface area contributed by atoms with Gasteiger partial charge in [0.15, 0.2) is 0 Å². The van der Waals surface area contributed by atoms with Crippen molar-refractivity contribution in [2.24, 2.45) is 17.4 Å². The molecule has 160 valence electrons. The van der Waals surface area contributed by atoms with Crippen LogP contribution < -0.4 is 27.4 Å². The molecular weight excluding hydrogens is 390 g/mol. The number of aliphatic carboxylic acids is 1. The molecule has 4 unspecified atom stereocenters. The van der Waals surface area contributed by atoms with Crippen molar-refractivity contribution < 1.29 is 29.1 Å². The van der Waals surface area contributed by atoms with E-state index in [4.69, 9.17) is 16.6 Å². The number of primary amides is 1. The first kappa shape index (κ1) is 25.7. The van der Waals surface area contributed by atoms with Crippen molar-refractivity contribution in [1.82, 2.24) is 16.0 Å². The first-order chi connectivity index (χ1) is 13.1. The first-order valence-corrected chi connectivity index (χ1v) is 9.42. The molecule has 11 nitrogen and oxygen atoms in total. The van der Waals surface area contributed by atoms with Gasteiger partial charge in [0.2, 0.25) is 23.6 Å². The average molecular weight is 420 g/mol. The highest BCUT2D eigenvalue weighted by Gasteiger charge is 2.31. The second-order valence-electron chi connectivity index (χ2n) is 6.28. The molecule has 0 fully saturated rings. The Morgan fingerprint density at radius 3 is 2.04 bits per heavy atom. The number of amides is 4. The lowest BCUT2D eigenvalue weighted by atomic mass is 9.97. The maximum atomic E-state index is 12.6. The van der Waals surface area contributed by atoms with Crippen LogP contribution in [-0.2, 0) is 24.0 Å². The zero-order chi connectivity index (χ0) is 21.9. The Morgan fingerprint density at radius 2 is 1.61 bits per heavy atom. The van der Waals surface area contributed by atoms with Gasteiger partial charge < -0.3 is 32.5 Å². The third-order valence-electron chi connectivity index (χ3n) is 4.11. The van der Waals surface area contributed by atoms with Crippen molar-refractivity contribution >= 4 is 42.2 Å². The largest absolute Gasteiger partial charge is 0.480 e. The minimum atomic E-state index is -1.30. The van der Waals surface area contributed by atoms with Crippen molar-refractivity contribution in [2.75, 3.05) is 12.3 Å². The molecule has 0 aliphatic carbocycles. The predicted octanol–water partition coefficient (Wildman–Crippen LogP) is -2.27. The fraction of sp³-hybridized carbons (Fsp3) is 0.688. The Hall–Kier alpha value is -2.34. The Labute approximate surface area is 168 Å². The highest BCUT2D eigenvalue weighted by Crippen LogP contribution is 2.09. The average Bonchev–Trinajstić information content (AvgIpc) is 2.65. The standard InChI is InChI=1S/C16H29N5O6S/c1-3-8(2)13(21-12(23)6-17)15(25)19-9(4-5-11(18)22)14(24)20-10(7-28)16(26)27/h8-10,13,28H,3-7,17H2,1-2H3,(H2,18,22)(H,19,25)(H,20,24)(H,21,23)(H,26,27). The molecule has 0 aromatic rings. The molecule has 0 aromatic carbocycles. The number of nitrogens with one attached hydrogen (secondary N) is 3. The van der Waals surface area contributed by atoms with E-state index in [-0.39, 0.29) is 31.1 Å². The van der Waals surface area contributed by atoms with Crippen LogP contribution >= 0.6 is 12.6 Å². The van der Waals surface area contributed by atoms with E-state index in [0.29, 0.717) is 6.42 Å². The normalized spacial score (nSPS) is 14.9. The Balaban J connectivity index is 5.38. The topological polar surface area (TPSA) is 194 Å². The fourth-order valence-corrected chi connectivity index (χ4v) is 2.46. The Morgan fingerprint density at radius 1 is 1.04 bits per heavy atom. The lowest BCUT2D eigenvalue weighted by molar-refractivity contribution is -0.141. The molecule has 0 aromatic heterocycles. The van der Waals surface area contributed by atoms with Gasteiger partial charge >= 0.3 is 5.97 Å². The van der Waals surface area contributed by atoms with Gasteiger partial charge in [-0.15, -0.1) is 0 Å². The molecule has 4 amide bonds. The van der Waals surface area contributed by atoms with Crippen molar-refractivity contribution in [3.8, 4) is 0 Å². The lowest BCUT2D eigenvalue weighted by Gasteiger charge is -2.26. The van der Waals surface area contributed by atoms with Crippen LogP contribution in [-0.4, -0.2) is 65.1 Å². The van der Waals surface area contributed by atoms with Crippen LogP contribution in [0.1, 0.15) is 33.1 Å². The van der Waals surface area contributed by atoms with Crippen molar-refractivity contribution in [1.29, 1.82) is 0 Å². The van der Waals surface area contributed by atoms with Crippen LogP contribution in [0, 0.1) is 5.92 Å². The smallest absolute Gasteiger partial charge is 0.327 e. The highest BCUT2D eigenvalue weighted by atomic mass is 32.1. The van der Waals surface area contributed by atoms with Gasteiger partial charge in [-0.2, -0.15) is 12.6 Å². The molecular formula is C16H29N5O6S. The minimum Gasteiger partial charge on any atom is -0.480 e. The molecule has 0 saturated heterocycles. The number of nitrogens with two attached hydrogens (primary N) is 2. The molecule has 0 rings (SSSR count). The van der Waals surface area contributed by atoms with Gasteiger partial charge in [-0.3, -0.25) is 19.2 Å². The van der Waals surface area contributed by atoms with Crippen molar-refractivity contribution in [2.45, 2.75) is 51.2 Å². The highest BCUT2D eigenvalue weighted by molar-refractivity contribution is 7.80.